The standard InChI is InChI=1S/C14H21ClN4O3S/c1-16-11-12(15)10-13(16)14(20)17-6-8-19(9-7-17)23(21,22)18-4-2-3-5-18/h10-11H,2-9H2,1H3. The fraction of sp³-hybridized carbons (Fsp3) is 0.643. The molecule has 23 heavy (non-hydrogen) atoms. The van der Waals surface area contributed by atoms with Gasteiger partial charge >= 0.3 is 0 Å². The van der Waals surface area contributed by atoms with Gasteiger partial charge in [0.1, 0.15) is 5.69 Å². The molecule has 3 rings (SSSR count). The zero-order valence-corrected chi connectivity index (χ0v) is 14.7. The van der Waals surface area contributed by atoms with Crippen molar-refractivity contribution >= 4 is 27.7 Å². The Morgan fingerprint density at radius 3 is 2.13 bits per heavy atom. The number of hydrogen-bond acceptors (Lipinski definition) is 3. The Morgan fingerprint density at radius 1 is 1.04 bits per heavy atom. The first-order valence-electron chi connectivity index (χ1n) is 7.76. The topological polar surface area (TPSA) is 65.9 Å². The molecule has 3 heterocycles. The Kier molecular flexibility index (Phi) is 4.68. The van der Waals surface area contributed by atoms with E-state index in [1.165, 1.54) is 4.31 Å². The summed E-state index contributed by atoms with van der Waals surface area (Å²) in [6.45, 7) is 2.67. The molecule has 2 saturated heterocycles. The van der Waals surface area contributed by atoms with Gasteiger partial charge in [-0.2, -0.15) is 17.0 Å². The molecule has 0 bridgehead atoms. The predicted octanol–water partition coefficient (Wildman–Crippen LogP) is 0.777. The van der Waals surface area contributed by atoms with Crippen molar-refractivity contribution in [1.82, 2.24) is 18.1 Å². The average Bonchev–Trinajstić information content (AvgIpc) is 3.17. The van der Waals surface area contributed by atoms with Crippen molar-refractivity contribution in [2.75, 3.05) is 39.3 Å². The van der Waals surface area contributed by atoms with Gasteiger partial charge in [-0.05, 0) is 18.9 Å². The number of halogens is 1. The van der Waals surface area contributed by atoms with Gasteiger partial charge in [-0.25, -0.2) is 0 Å². The maximum atomic E-state index is 12.5. The molecule has 0 unspecified atom stereocenters. The molecule has 0 aromatic carbocycles. The van der Waals surface area contributed by atoms with Crippen LogP contribution >= 0.6 is 11.6 Å². The Morgan fingerprint density at radius 2 is 1.61 bits per heavy atom. The van der Waals surface area contributed by atoms with Gasteiger partial charge in [-0.1, -0.05) is 11.6 Å². The van der Waals surface area contributed by atoms with E-state index >= 15 is 0 Å². The summed E-state index contributed by atoms with van der Waals surface area (Å²) in [4.78, 5) is 14.2. The van der Waals surface area contributed by atoms with E-state index in [0.29, 0.717) is 50.0 Å². The van der Waals surface area contributed by atoms with E-state index < -0.39 is 10.2 Å². The minimum atomic E-state index is -3.38. The predicted molar refractivity (Wildman–Crippen MR) is 87.6 cm³/mol. The van der Waals surface area contributed by atoms with Crippen LogP contribution in [0.5, 0.6) is 0 Å². The van der Waals surface area contributed by atoms with Crippen molar-refractivity contribution in [2.45, 2.75) is 12.8 Å². The molecule has 1 aromatic rings. The van der Waals surface area contributed by atoms with E-state index in [2.05, 4.69) is 0 Å². The van der Waals surface area contributed by atoms with Gasteiger partial charge in [-0.3, -0.25) is 4.79 Å². The van der Waals surface area contributed by atoms with Crippen LogP contribution in [0, 0.1) is 0 Å². The fourth-order valence-corrected chi connectivity index (χ4v) is 5.02. The Balaban J connectivity index is 1.64. The molecule has 128 valence electrons. The Bertz CT molecular complexity index is 689. The number of carbonyl (C=O) groups is 1. The molecule has 9 heteroatoms. The van der Waals surface area contributed by atoms with E-state index in [1.807, 2.05) is 0 Å². The van der Waals surface area contributed by atoms with Gasteiger partial charge in [0.25, 0.3) is 16.1 Å². The summed E-state index contributed by atoms with van der Waals surface area (Å²) in [7, 11) is -1.61. The molecule has 2 fully saturated rings. The summed E-state index contributed by atoms with van der Waals surface area (Å²) in [6.07, 6.45) is 3.53. The second-order valence-electron chi connectivity index (χ2n) is 5.96. The molecule has 0 aliphatic carbocycles. The van der Waals surface area contributed by atoms with Crippen LogP contribution in [0.1, 0.15) is 23.3 Å². The van der Waals surface area contributed by atoms with Crippen LogP contribution in [0.3, 0.4) is 0 Å². The first-order chi connectivity index (χ1) is 10.9. The van der Waals surface area contributed by atoms with E-state index in [0.717, 1.165) is 12.8 Å². The number of hydrogen-bond donors (Lipinski definition) is 0. The second kappa shape index (κ2) is 6.43. The molecule has 2 aliphatic rings. The summed E-state index contributed by atoms with van der Waals surface area (Å²) in [5.41, 5.74) is 0.519. The highest BCUT2D eigenvalue weighted by molar-refractivity contribution is 7.86. The third-order valence-electron chi connectivity index (χ3n) is 4.43. The van der Waals surface area contributed by atoms with E-state index in [-0.39, 0.29) is 5.91 Å². The molecule has 0 radical (unpaired) electrons. The molecule has 0 atom stereocenters. The lowest BCUT2D eigenvalue weighted by atomic mass is 10.3. The molecule has 7 nitrogen and oxygen atoms in total. The lowest BCUT2D eigenvalue weighted by Gasteiger charge is -2.35. The van der Waals surface area contributed by atoms with Crippen molar-refractivity contribution in [3.63, 3.8) is 0 Å². The number of carbonyl (C=O) groups excluding carboxylic acids is 1. The zero-order chi connectivity index (χ0) is 16.6. The number of aromatic nitrogens is 1. The van der Waals surface area contributed by atoms with Crippen LogP contribution in [0.4, 0.5) is 0 Å². The van der Waals surface area contributed by atoms with Gasteiger partial charge in [0.2, 0.25) is 0 Å². The number of aryl methyl sites for hydroxylation is 1. The molecule has 0 saturated carbocycles. The van der Waals surface area contributed by atoms with E-state index in [4.69, 9.17) is 11.6 Å². The molecule has 1 aromatic heterocycles. The Hall–Kier alpha value is -1.09. The van der Waals surface area contributed by atoms with Crippen LogP contribution < -0.4 is 0 Å². The summed E-state index contributed by atoms with van der Waals surface area (Å²) in [5, 5.41) is 0.520. The van der Waals surface area contributed by atoms with Crippen LogP contribution in [-0.2, 0) is 17.3 Å². The SMILES string of the molecule is Cn1cc(Cl)cc1C(=O)N1CCN(S(=O)(=O)N2CCCC2)CC1. The summed E-state index contributed by atoms with van der Waals surface area (Å²) in [5.74, 6) is -0.113. The fourth-order valence-electron chi connectivity index (χ4n) is 3.10. The maximum absolute atomic E-state index is 12.5. The zero-order valence-electron chi connectivity index (χ0n) is 13.1. The lowest BCUT2D eigenvalue weighted by molar-refractivity contribution is 0.0685. The van der Waals surface area contributed by atoms with Crippen molar-refractivity contribution < 1.29 is 13.2 Å². The smallest absolute Gasteiger partial charge is 0.282 e. The molecular weight excluding hydrogens is 340 g/mol. The highest BCUT2D eigenvalue weighted by Gasteiger charge is 2.35. The van der Waals surface area contributed by atoms with Crippen molar-refractivity contribution in [3.05, 3.63) is 23.0 Å². The highest BCUT2D eigenvalue weighted by atomic mass is 35.5. The van der Waals surface area contributed by atoms with Crippen molar-refractivity contribution in [1.29, 1.82) is 0 Å². The Labute approximate surface area is 141 Å². The van der Waals surface area contributed by atoms with Gasteiger partial charge in [-0.15, -0.1) is 0 Å². The molecule has 1 amide bonds. The van der Waals surface area contributed by atoms with Crippen molar-refractivity contribution in [2.24, 2.45) is 7.05 Å². The van der Waals surface area contributed by atoms with E-state index in [9.17, 15) is 13.2 Å². The van der Waals surface area contributed by atoms with Crippen LogP contribution in [-0.4, -0.2) is 71.7 Å². The first-order valence-corrected chi connectivity index (χ1v) is 9.53. The third-order valence-corrected chi connectivity index (χ3v) is 6.68. The molecular formula is C14H21ClN4O3S. The number of amides is 1. The van der Waals surface area contributed by atoms with Gasteiger partial charge in [0.05, 0.1) is 5.02 Å². The summed E-state index contributed by atoms with van der Waals surface area (Å²) < 4.78 is 29.8. The average molecular weight is 361 g/mol. The minimum absolute atomic E-state index is 0.113. The van der Waals surface area contributed by atoms with Crippen LogP contribution in [0.15, 0.2) is 12.3 Å². The molecule has 2 aliphatic heterocycles. The second-order valence-corrected chi connectivity index (χ2v) is 8.32. The van der Waals surface area contributed by atoms with Crippen molar-refractivity contribution in [3.8, 4) is 0 Å². The first kappa shape index (κ1) is 16.8. The normalized spacial score (nSPS) is 21.0. The summed E-state index contributed by atoms with van der Waals surface area (Å²) in [6, 6.07) is 1.64. The molecule has 0 N–H and O–H groups in total. The lowest BCUT2D eigenvalue weighted by Crippen LogP contribution is -2.53. The molecule has 0 spiro atoms. The van der Waals surface area contributed by atoms with E-state index in [1.54, 1.807) is 33.1 Å². The monoisotopic (exact) mass is 360 g/mol. The van der Waals surface area contributed by atoms with Gasteiger partial charge in [0, 0.05) is 52.5 Å². The van der Waals surface area contributed by atoms with Crippen LogP contribution in [0.2, 0.25) is 5.02 Å². The third kappa shape index (κ3) is 3.26. The maximum Gasteiger partial charge on any atom is 0.282 e. The number of nitrogens with zero attached hydrogens (tertiary/aromatic N) is 4. The van der Waals surface area contributed by atoms with Gasteiger partial charge < -0.3 is 9.47 Å². The van der Waals surface area contributed by atoms with Gasteiger partial charge in [0.15, 0.2) is 0 Å². The highest BCUT2D eigenvalue weighted by Crippen LogP contribution is 2.20. The largest absolute Gasteiger partial charge is 0.345 e. The number of rotatable bonds is 3. The summed E-state index contributed by atoms with van der Waals surface area (Å²) >= 11 is 5.92. The number of piperazine rings is 1. The van der Waals surface area contributed by atoms with Crippen LogP contribution in [0.25, 0.3) is 0 Å². The quantitative estimate of drug-likeness (QED) is 0.800. The minimum Gasteiger partial charge on any atom is -0.345 e.